The zero-order chi connectivity index (χ0) is 14.1. The van der Waals surface area contributed by atoms with Crippen molar-refractivity contribution >= 4 is 5.91 Å². The van der Waals surface area contributed by atoms with Crippen LogP contribution in [-0.2, 0) is 6.18 Å². The number of carbonyl (C=O) groups is 1. The lowest BCUT2D eigenvalue weighted by atomic mass is 10.1. The van der Waals surface area contributed by atoms with Crippen molar-refractivity contribution in [2.75, 3.05) is 0 Å². The molecular weight excluding hydrogens is 268 g/mol. The van der Waals surface area contributed by atoms with Crippen LogP contribution in [0.15, 0.2) is 18.2 Å². The van der Waals surface area contributed by atoms with Crippen LogP contribution in [-0.4, -0.2) is 12.3 Å². The minimum Gasteiger partial charge on any atom is -0.405 e. The van der Waals surface area contributed by atoms with Crippen LogP contribution in [0.1, 0.15) is 15.9 Å². The Morgan fingerprint density at radius 1 is 1.11 bits per heavy atom. The zero-order valence-corrected chi connectivity index (χ0v) is 8.39. The molecule has 0 bridgehead atoms. The fourth-order valence-electron chi connectivity index (χ4n) is 1.12. The number of hydrogen-bond donors (Lipinski definition) is 1. The number of alkyl halides is 6. The molecule has 0 spiro atoms. The summed E-state index contributed by atoms with van der Waals surface area (Å²) in [5.41, 5.74) is 2.57. The average Bonchev–Trinajstić information content (AvgIpc) is 2.12. The molecule has 0 fully saturated rings. The second kappa shape index (κ2) is 4.39. The highest BCUT2D eigenvalue weighted by Gasteiger charge is 2.39. The minimum absolute atomic E-state index is 0.290. The fourth-order valence-corrected chi connectivity index (χ4v) is 1.12. The van der Waals surface area contributed by atoms with Crippen molar-refractivity contribution in [1.29, 1.82) is 0 Å². The molecule has 9 heteroatoms. The molecule has 0 aliphatic carbocycles. The van der Waals surface area contributed by atoms with E-state index in [0.717, 1.165) is 0 Å². The summed E-state index contributed by atoms with van der Waals surface area (Å²) in [6.07, 6.45) is -10.4. The first-order chi connectivity index (χ1) is 8.00. The molecule has 0 aliphatic heterocycles. The maximum atomic E-state index is 12.4. The van der Waals surface area contributed by atoms with Gasteiger partial charge in [0, 0.05) is 5.56 Å². The van der Waals surface area contributed by atoms with Gasteiger partial charge in [0.2, 0.25) is 5.91 Å². The first-order valence-electron chi connectivity index (χ1n) is 4.27. The van der Waals surface area contributed by atoms with Crippen LogP contribution in [0.4, 0.5) is 26.3 Å². The van der Waals surface area contributed by atoms with Crippen LogP contribution in [0, 0.1) is 0 Å². The van der Waals surface area contributed by atoms with Crippen molar-refractivity contribution in [1.82, 2.24) is 0 Å². The van der Waals surface area contributed by atoms with Gasteiger partial charge in [0.25, 0.3) is 0 Å². The van der Waals surface area contributed by atoms with Gasteiger partial charge in [-0.1, -0.05) is 0 Å². The number of hydrogen-bond acceptors (Lipinski definition) is 2. The van der Waals surface area contributed by atoms with E-state index >= 15 is 0 Å². The van der Waals surface area contributed by atoms with E-state index in [1.807, 2.05) is 0 Å². The number of carbonyl (C=O) groups excluding carboxylic acids is 1. The fraction of sp³-hybridized carbons (Fsp3) is 0.222. The van der Waals surface area contributed by atoms with Gasteiger partial charge in [0.05, 0.1) is 5.56 Å². The summed E-state index contributed by atoms with van der Waals surface area (Å²) in [7, 11) is 0. The molecule has 100 valence electrons. The highest BCUT2D eigenvalue weighted by Crippen LogP contribution is 2.38. The number of rotatable bonds is 2. The molecule has 0 saturated heterocycles. The lowest BCUT2D eigenvalue weighted by Crippen LogP contribution is -2.21. The van der Waals surface area contributed by atoms with Gasteiger partial charge in [-0.05, 0) is 18.2 Å². The molecule has 1 aromatic carbocycles. The lowest BCUT2D eigenvalue weighted by Gasteiger charge is -2.15. The SMILES string of the molecule is NC(=O)c1ccc(C(F)(F)F)c(OC(F)(F)F)c1. The van der Waals surface area contributed by atoms with Crippen LogP contribution in [0.5, 0.6) is 5.75 Å². The van der Waals surface area contributed by atoms with E-state index in [1.54, 1.807) is 0 Å². The predicted molar refractivity (Wildman–Crippen MR) is 46.6 cm³/mol. The summed E-state index contributed by atoms with van der Waals surface area (Å²) < 4.78 is 76.2. The summed E-state index contributed by atoms with van der Waals surface area (Å²) in [6.45, 7) is 0. The van der Waals surface area contributed by atoms with Crippen LogP contribution >= 0.6 is 0 Å². The molecule has 0 heterocycles. The maximum Gasteiger partial charge on any atom is 0.573 e. The van der Waals surface area contributed by atoms with E-state index in [9.17, 15) is 31.1 Å². The summed E-state index contributed by atoms with van der Waals surface area (Å²) in [6, 6.07) is 1.24. The third kappa shape index (κ3) is 3.54. The van der Waals surface area contributed by atoms with Crippen molar-refractivity contribution in [3.05, 3.63) is 29.3 Å². The second-order valence-corrected chi connectivity index (χ2v) is 3.12. The van der Waals surface area contributed by atoms with Crippen LogP contribution in [0.3, 0.4) is 0 Å². The molecule has 1 rings (SSSR count). The van der Waals surface area contributed by atoms with Gasteiger partial charge in [-0.3, -0.25) is 4.79 Å². The molecule has 0 saturated carbocycles. The molecule has 1 amide bonds. The highest BCUT2D eigenvalue weighted by atomic mass is 19.4. The molecule has 18 heavy (non-hydrogen) atoms. The van der Waals surface area contributed by atoms with Gasteiger partial charge in [-0.15, -0.1) is 13.2 Å². The van der Waals surface area contributed by atoms with Crippen LogP contribution in [0.25, 0.3) is 0 Å². The standard InChI is InChI=1S/C9H5F6NO2/c10-8(11,12)5-2-1-4(7(16)17)3-6(5)18-9(13,14)15/h1-3H,(H2,16,17). The average molecular weight is 273 g/mol. The van der Waals surface area contributed by atoms with Gasteiger partial charge < -0.3 is 10.5 Å². The van der Waals surface area contributed by atoms with E-state index in [2.05, 4.69) is 4.74 Å². The Labute approximate surface area is 96.1 Å². The Kier molecular flexibility index (Phi) is 3.45. The Bertz CT molecular complexity index is 465. The minimum atomic E-state index is -5.31. The molecule has 0 aliphatic rings. The molecule has 0 unspecified atom stereocenters. The quantitative estimate of drug-likeness (QED) is 0.842. The number of primary amides is 1. The maximum absolute atomic E-state index is 12.4. The third-order valence-corrected chi connectivity index (χ3v) is 1.80. The molecular formula is C9H5F6NO2. The predicted octanol–water partition coefficient (Wildman–Crippen LogP) is 2.70. The highest BCUT2D eigenvalue weighted by molar-refractivity contribution is 5.93. The van der Waals surface area contributed by atoms with Crippen molar-refractivity contribution in [3.63, 3.8) is 0 Å². The van der Waals surface area contributed by atoms with Gasteiger partial charge >= 0.3 is 12.5 Å². The van der Waals surface area contributed by atoms with E-state index in [1.165, 1.54) is 0 Å². The summed E-state index contributed by atoms with van der Waals surface area (Å²) in [5, 5.41) is 0. The first-order valence-corrected chi connectivity index (χ1v) is 4.27. The Morgan fingerprint density at radius 2 is 1.67 bits per heavy atom. The molecule has 0 atom stereocenters. The summed E-state index contributed by atoms with van der Waals surface area (Å²) in [4.78, 5) is 10.7. The molecule has 2 N–H and O–H groups in total. The van der Waals surface area contributed by atoms with Crippen molar-refractivity contribution in [2.24, 2.45) is 5.73 Å². The van der Waals surface area contributed by atoms with Gasteiger partial charge in [-0.2, -0.15) is 13.2 Å². The number of ether oxygens (including phenoxy) is 1. The summed E-state index contributed by atoms with van der Waals surface area (Å²) in [5.74, 6) is -2.69. The second-order valence-electron chi connectivity index (χ2n) is 3.12. The largest absolute Gasteiger partial charge is 0.573 e. The lowest BCUT2D eigenvalue weighted by molar-refractivity contribution is -0.276. The molecule has 0 aromatic heterocycles. The van der Waals surface area contributed by atoms with Crippen LogP contribution < -0.4 is 10.5 Å². The van der Waals surface area contributed by atoms with E-state index < -0.39 is 35.3 Å². The number of halogens is 6. The molecule has 0 radical (unpaired) electrons. The van der Waals surface area contributed by atoms with Gasteiger partial charge in [-0.25, -0.2) is 0 Å². The third-order valence-electron chi connectivity index (χ3n) is 1.80. The van der Waals surface area contributed by atoms with E-state index in [4.69, 9.17) is 5.73 Å². The van der Waals surface area contributed by atoms with Crippen LogP contribution in [0.2, 0.25) is 0 Å². The molecule has 3 nitrogen and oxygen atoms in total. The normalized spacial score (nSPS) is 12.3. The summed E-state index contributed by atoms with van der Waals surface area (Å²) >= 11 is 0. The Hall–Kier alpha value is -1.93. The Morgan fingerprint density at radius 3 is 2.06 bits per heavy atom. The number of amides is 1. The number of nitrogens with two attached hydrogens (primary N) is 1. The van der Waals surface area contributed by atoms with E-state index in [-0.39, 0.29) is 0 Å². The Balaban J connectivity index is 3.32. The smallest absolute Gasteiger partial charge is 0.405 e. The van der Waals surface area contributed by atoms with Crippen molar-refractivity contribution in [2.45, 2.75) is 12.5 Å². The zero-order valence-electron chi connectivity index (χ0n) is 8.39. The molecule has 1 aromatic rings. The van der Waals surface area contributed by atoms with Gasteiger partial charge in [0.1, 0.15) is 5.75 Å². The number of benzene rings is 1. The van der Waals surface area contributed by atoms with E-state index in [0.29, 0.717) is 18.2 Å². The topological polar surface area (TPSA) is 52.3 Å². The first kappa shape index (κ1) is 14.1. The van der Waals surface area contributed by atoms with Crippen molar-refractivity contribution < 1.29 is 35.9 Å². The monoisotopic (exact) mass is 273 g/mol. The van der Waals surface area contributed by atoms with Gasteiger partial charge in [0.15, 0.2) is 0 Å². The van der Waals surface area contributed by atoms with Crippen molar-refractivity contribution in [3.8, 4) is 5.75 Å².